The zero-order chi connectivity index (χ0) is 14.0. The highest BCUT2D eigenvalue weighted by Crippen LogP contribution is 2.53. The van der Waals surface area contributed by atoms with Crippen molar-refractivity contribution in [1.82, 2.24) is 0 Å². The summed E-state index contributed by atoms with van der Waals surface area (Å²) in [6.45, 7) is 2.08. The first-order valence-corrected chi connectivity index (χ1v) is 12.1. The zero-order valence-electron chi connectivity index (χ0n) is 11.0. The van der Waals surface area contributed by atoms with Gasteiger partial charge in [-0.2, -0.15) is 0 Å². The van der Waals surface area contributed by atoms with Crippen molar-refractivity contribution < 1.29 is 0 Å². The molecular formula is C14H16BrCl2MgN. The van der Waals surface area contributed by atoms with Crippen LogP contribution in [-0.4, -0.2) is 23.9 Å². The average molecular weight is 373 g/mol. The predicted octanol–water partition coefficient (Wildman–Crippen LogP) is 5.65. The number of benzene rings is 1. The maximum Gasteiger partial charge on any atom is 0.480 e. The molecule has 1 aromatic rings. The maximum absolute atomic E-state index is 8.28. The largest absolute Gasteiger partial charge is 0.480 e. The molecule has 1 atom stereocenters. The van der Waals surface area contributed by atoms with Crippen LogP contribution >= 0.6 is 36.1 Å². The first kappa shape index (κ1) is 16.1. The molecule has 0 aliphatic heterocycles. The molecule has 19 heavy (non-hydrogen) atoms. The molecule has 100 valence electrons. The van der Waals surface area contributed by atoms with Gasteiger partial charge >= 0.3 is 18.2 Å². The Kier molecular flexibility index (Phi) is 5.63. The van der Waals surface area contributed by atoms with Crippen LogP contribution in [0, 0.1) is 5.41 Å². The topological polar surface area (TPSA) is 23.9 Å². The summed E-state index contributed by atoms with van der Waals surface area (Å²) in [5.74, 6) is 0. The molecule has 1 aromatic carbocycles. The summed E-state index contributed by atoms with van der Waals surface area (Å²) in [5.41, 5.74) is 2.29. The summed E-state index contributed by atoms with van der Waals surface area (Å²) >= 11 is 15.5. The van der Waals surface area contributed by atoms with Gasteiger partial charge in [0.2, 0.25) is 0 Å². The Labute approximate surface area is 140 Å². The van der Waals surface area contributed by atoms with Crippen LogP contribution in [0.4, 0.5) is 0 Å². The molecule has 0 bridgehead atoms. The summed E-state index contributed by atoms with van der Waals surface area (Å²) in [6, 6.07) is 6.00. The van der Waals surface area contributed by atoms with Gasteiger partial charge in [-0.15, -0.1) is 0 Å². The van der Waals surface area contributed by atoms with Crippen molar-refractivity contribution in [2.24, 2.45) is 0 Å². The van der Waals surface area contributed by atoms with Gasteiger partial charge in [0, 0.05) is 0 Å². The minimum absolute atomic E-state index is 0.136. The average Bonchev–Trinajstić information content (AvgIpc) is 2.36. The lowest BCUT2D eigenvalue weighted by Crippen LogP contribution is -2.43. The minimum Gasteiger partial charge on any atom is -0.312 e. The van der Waals surface area contributed by atoms with Crippen LogP contribution in [0.15, 0.2) is 18.2 Å². The molecule has 1 aliphatic carbocycles. The van der Waals surface area contributed by atoms with Gasteiger partial charge in [0.1, 0.15) is 0 Å². The predicted molar refractivity (Wildman–Crippen MR) is 88.4 cm³/mol. The van der Waals surface area contributed by atoms with Crippen LogP contribution < -0.4 is 0 Å². The molecule has 1 fully saturated rings. The number of nitrogens with one attached hydrogen (secondary N) is 1. The van der Waals surface area contributed by atoms with Crippen LogP contribution in [-0.2, 0) is 5.41 Å². The fourth-order valence-electron chi connectivity index (χ4n) is 3.02. The SMILES string of the molecule is CCC(=N)[CH]([Mg][Br])C1(c2ccc(Cl)c(Cl)c2)CCC1. The van der Waals surface area contributed by atoms with E-state index < -0.39 is 18.2 Å². The third kappa shape index (κ3) is 3.01. The second kappa shape index (κ2) is 6.65. The van der Waals surface area contributed by atoms with E-state index in [2.05, 4.69) is 25.9 Å². The summed E-state index contributed by atoms with van der Waals surface area (Å²) in [5, 5.41) is 9.52. The molecular weight excluding hydrogens is 357 g/mol. The molecule has 1 aliphatic rings. The molecule has 0 radical (unpaired) electrons. The fraction of sp³-hybridized carbons (Fsp3) is 0.500. The van der Waals surface area contributed by atoms with E-state index in [9.17, 15) is 0 Å². The van der Waals surface area contributed by atoms with Gasteiger partial charge < -0.3 is 18.3 Å². The Morgan fingerprint density at radius 3 is 2.53 bits per heavy atom. The number of rotatable bonds is 5. The molecule has 1 saturated carbocycles. The summed E-state index contributed by atoms with van der Waals surface area (Å²) < 4.78 is 0.392. The number of hydrogen-bond acceptors (Lipinski definition) is 1. The Balaban J connectivity index is 2.41. The first-order valence-electron chi connectivity index (χ1n) is 6.64. The number of halogens is 3. The molecule has 1 N–H and O–H groups in total. The second-order valence-corrected chi connectivity index (χ2v) is 9.11. The lowest BCUT2D eigenvalue weighted by atomic mass is 9.61. The van der Waals surface area contributed by atoms with Gasteiger partial charge in [0.25, 0.3) is 0 Å². The van der Waals surface area contributed by atoms with E-state index >= 15 is 0 Å². The third-order valence-electron chi connectivity index (χ3n) is 4.36. The van der Waals surface area contributed by atoms with Gasteiger partial charge in [0.15, 0.2) is 0 Å². The van der Waals surface area contributed by atoms with Crippen molar-refractivity contribution in [3.8, 4) is 0 Å². The molecule has 2 rings (SSSR count). The van der Waals surface area contributed by atoms with E-state index in [4.69, 9.17) is 28.6 Å². The standard InChI is InChI=1S/C14H16Cl2N.BrH.Mg/c1-2-11(17)9-14(6-3-7-14)10-4-5-12(15)13(16)8-10;;/h4-5,8-9,17H,2-3,6-7H2,1H3;1H;/q;;+1/p-1. The molecule has 1 nitrogen and oxygen atoms in total. The van der Waals surface area contributed by atoms with E-state index in [0.29, 0.717) is 14.1 Å². The molecule has 0 saturated heterocycles. The molecule has 5 heteroatoms. The Morgan fingerprint density at radius 2 is 2.11 bits per heavy atom. The molecule has 1 unspecified atom stereocenters. The summed E-state index contributed by atoms with van der Waals surface area (Å²) in [7, 11) is 0. The smallest absolute Gasteiger partial charge is 0.312 e. The van der Waals surface area contributed by atoms with Crippen LogP contribution in [0.25, 0.3) is 0 Å². The van der Waals surface area contributed by atoms with E-state index in [1.807, 2.05) is 12.1 Å². The maximum atomic E-state index is 8.28. The van der Waals surface area contributed by atoms with Crippen molar-refractivity contribution in [2.45, 2.75) is 42.1 Å². The van der Waals surface area contributed by atoms with Gasteiger partial charge in [0.05, 0.1) is 10.0 Å². The van der Waals surface area contributed by atoms with Crippen LogP contribution in [0.3, 0.4) is 0 Å². The van der Waals surface area contributed by atoms with Crippen molar-refractivity contribution >= 4 is 60.0 Å². The van der Waals surface area contributed by atoms with Crippen molar-refractivity contribution in [3.05, 3.63) is 33.8 Å². The van der Waals surface area contributed by atoms with Crippen LogP contribution in [0.2, 0.25) is 14.1 Å². The summed E-state index contributed by atoms with van der Waals surface area (Å²) in [4.78, 5) is 0. The van der Waals surface area contributed by atoms with Gasteiger partial charge in [-0.25, -0.2) is 0 Å². The number of hydrogen-bond donors (Lipinski definition) is 1. The Bertz CT molecular complexity index is 488. The fourth-order valence-corrected chi connectivity index (χ4v) is 7.77. The lowest BCUT2D eigenvalue weighted by molar-refractivity contribution is 0.252. The Hall–Kier alpha value is 0.716. The monoisotopic (exact) mass is 371 g/mol. The van der Waals surface area contributed by atoms with E-state index in [0.717, 1.165) is 25.0 Å². The molecule has 0 spiro atoms. The zero-order valence-corrected chi connectivity index (χ0v) is 15.5. The highest BCUT2D eigenvalue weighted by Gasteiger charge is 2.46. The molecule has 0 amide bonds. The second-order valence-electron chi connectivity index (χ2n) is 5.22. The van der Waals surface area contributed by atoms with Crippen molar-refractivity contribution in [3.63, 3.8) is 0 Å². The van der Waals surface area contributed by atoms with Crippen LogP contribution in [0.5, 0.6) is 0 Å². The lowest BCUT2D eigenvalue weighted by Gasteiger charge is -2.49. The van der Waals surface area contributed by atoms with Crippen LogP contribution in [0.1, 0.15) is 38.2 Å². The first-order chi connectivity index (χ1) is 9.05. The highest BCUT2D eigenvalue weighted by atomic mass is 79.9. The van der Waals surface area contributed by atoms with Gasteiger partial charge in [-0.3, -0.25) is 0 Å². The highest BCUT2D eigenvalue weighted by molar-refractivity contribution is 9.23. The van der Waals surface area contributed by atoms with Crippen molar-refractivity contribution in [2.75, 3.05) is 0 Å². The third-order valence-corrected chi connectivity index (χ3v) is 8.63. The van der Waals surface area contributed by atoms with E-state index in [1.54, 1.807) is 0 Å². The molecule has 0 heterocycles. The summed E-state index contributed by atoms with van der Waals surface area (Å²) in [6.07, 6.45) is 4.41. The molecule has 0 aromatic heterocycles. The van der Waals surface area contributed by atoms with Gasteiger partial charge in [-0.05, 0) is 48.1 Å². The van der Waals surface area contributed by atoms with E-state index in [1.165, 1.54) is 12.0 Å². The quantitative estimate of drug-likeness (QED) is 0.510. The minimum atomic E-state index is -0.448. The Morgan fingerprint density at radius 1 is 1.42 bits per heavy atom. The normalized spacial score (nSPS) is 18.3. The van der Waals surface area contributed by atoms with Gasteiger partial charge in [-0.1, -0.05) is 46.7 Å². The van der Waals surface area contributed by atoms with Crippen molar-refractivity contribution in [1.29, 1.82) is 5.41 Å². The van der Waals surface area contributed by atoms with E-state index in [-0.39, 0.29) is 5.41 Å².